The maximum Gasteiger partial charge on any atom is 0.221 e. The second kappa shape index (κ2) is 5.11. The third-order valence-electron chi connectivity index (χ3n) is 2.21. The molecule has 0 aliphatic heterocycles. The molecule has 18 heavy (non-hydrogen) atoms. The van der Waals surface area contributed by atoms with Crippen molar-refractivity contribution in [1.29, 1.82) is 0 Å². The van der Waals surface area contributed by atoms with Crippen LogP contribution < -0.4 is 5.73 Å². The molecular formula is C11H10Br2N4O. The molecule has 0 unspecified atom stereocenters. The number of hydrogen-bond donors (Lipinski definition) is 2. The van der Waals surface area contributed by atoms with Crippen LogP contribution in [-0.4, -0.2) is 21.0 Å². The van der Waals surface area contributed by atoms with Crippen LogP contribution in [0.4, 0.5) is 5.95 Å². The van der Waals surface area contributed by atoms with Crippen LogP contribution in [0.5, 0.6) is 5.75 Å². The van der Waals surface area contributed by atoms with Crippen LogP contribution in [-0.2, 0) is 0 Å². The van der Waals surface area contributed by atoms with Gasteiger partial charge in [0.2, 0.25) is 5.95 Å². The molecule has 0 saturated carbocycles. The van der Waals surface area contributed by atoms with Gasteiger partial charge in [-0.05, 0) is 56.5 Å². The van der Waals surface area contributed by atoms with Crippen LogP contribution in [0.2, 0.25) is 0 Å². The lowest BCUT2D eigenvalue weighted by Gasteiger charge is -2.02. The topological polar surface area (TPSA) is 76.4 Å². The number of phenolic OH excluding ortho intramolecular Hbond substituents is 1. The first-order chi connectivity index (χ1) is 8.47. The molecule has 1 aromatic heterocycles. The molecule has 7 heteroatoms. The molecule has 5 nitrogen and oxygen atoms in total. The predicted molar refractivity (Wildman–Crippen MR) is 77.9 cm³/mol. The van der Waals surface area contributed by atoms with Gasteiger partial charge in [0.1, 0.15) is 5.75 Å². The molecule has 2 aromatic rings. The average Bonchev–Trinajstić information content (AvgIpc) is 2.62. The van der Waals surface area contributed by atoms with Crippen LogP contribution in [0.1, 0.15) is 11.3 Å². The summed E-state index contributed by atoms with van der Waals surface area (Å²) in [5.74, 6) is 0.491. The van der Waals surface area contributed by atoms with Crippen molar-refractivity contribution in [3.63, 3.8) is 0 Å². The Hall–Kier alpha value is -1.34. The molecule has 0 aliphatic carbocycles. The number of hydrogen-bond acceptors (Lipinski definition) is 4. The molecule has 2 rings (SSSR count). The number of phenols is 1. The molecule has 3 N–H and O–H groups in total. The number of nitrogens with two attached hydrogens (primary N) is 1. The van der Waals surface area contributed by atoms with E-state index in [0.717, 1.165) is 11.3 Å². The van der Waals surface area contributed by atoms with Gasteiger partial charge in [0, 0.05) is 0 Å². The number of anilines is 1. The lowest BCUT2D eigenvalue weighted by atomic mass is 10.2. The largest absolute Gasteiger partial charge is 0.506 e. The minimum Gasteiger partial charge on any atom is -0.506 e. The van der Waals surface area contributed by atoms with E-state index in [2.05, 4.69) is 41.9 Å². The first kappa shape index (κ1) is 13.1. The summed E-state index contributed by atoms with van der Waals surface area (Å²) in [6, 6.07) is 3.51. The van der Waals surface area contributed by atoms with Crippen molar-refractivity contribution in [2.24, 2.45) is 5.10 Å². The van der Waals surface area contributed by atoms with Crippen LogP contribution in [0, 0.1) is 6.92 Å². The zero-order valence-corrected chi connectivity index (χ0v) is 12.6. The number of benzene rings is 1. The number of nitrogens with zero attached hydrogens (tertiary/aromatic N) is 3. The van der Waals surface area contributed by atoms with E-state index in [1.54, 1.807) is 24.5 Å². The van der Waals surface area contributed by atoms with Gasteiger partial charge in [-0.3, -0.25) is 0 Å². The number of aromatic nitrogens is 2. The quantitative estimate of drug-likeness (QED) is 0.794. The Kier molecular flexibility index (Phi) is 3.72. The van der Waals surface area contributed by atoms with Gasteiger partial charge in [0.05, 0.1) is 27.1 Å². The van der Waals surface area contributed by atoms with Gasteiger partial charge in [-0.2, -0.15) is 5.10 Å². The smallest absolute Gasteiger partial charge is 0.221 e. The maximum absolute atomic E-state index is 9.59. The third kappa shape index (κ3) is 2.73. The number of halogens is 2. The van der Waals surface area contributed by atoms with Crippen molar-refractivity contribution >= 4 is 44.0 Å². The third-order valence-corrected chi connectivity index (χ3v) is 3.41. The molecule has 0 amide bonds. The minimum absolute atomic E-state index is 0.158. The summed E-state index contributed by atoms with van der Waals surface area (Å²) in [6.45, 7) is 1.84. The van der Waals surface area contributed by atoms with E-state index in [9.17, 15) is 5.11 Å². The lowest BCUT2D eigenvalue weighted by molar-refractivity contribution is 0.468. The molecule has 0 fully saturated rings. The van der Waals surface area contributed by atoms with Gasteiger partial charge in [-0.15, -0.1) is 0 Å². The predicted octanol–water partition coefficient (Wildman–Crippen LogP) is 2.89. The van der Waals surface area contributed by atoms with Crippen molar-refractivity contribution < 1.29 is 5.11 Å². The summed E-state index contributed by atoms with van der Waals surface area (Å²) in [7, 11) is 0. The molecular weight excluding hydrogens is 364 g/mol. The van der Waals surface area contributed by atoms with Gasteiger partial charge >= 0.3 is 0 Å². The fraction of sp³-hybridized carbons (Fsp3) is 0.0909. The van der Waals surface area contributed by atoms with Crippen molar-refractivity contribution in [3.05, 3.63) is 38.5 Å². The number of imidazole rings is 1. The summed E-state index contributed by atoms with van der Waals surface area (Å²) in [5, 5.41) is 13.8. The summed E-state index contributed by atoms with van der Waals surface area (Å²) in [4.78, 5) is 4.04. The van der Waals surface area contributed by atoms with Gasteiger partial charge in [-0.25, -0.2) is 9.66 Å². The highest BCUT2D eigenvalue weighted by Gasteiger charge is 2.05. The highest BCUT2D eigenvalue weighted by Crippen LogP contribution is 2.32. The van der Waals surface area contributed by atoms with Crippen LogP contribution >= 0.6 is 31.9 Å². The SMILES string of the molecule is Cc1cn(N=Cc2cc(Br)c(O)c(Br)c2)c(N)n1. The normalized spacial score (nSPS) is 11.3. The molecule has 0 aliphatic rings. The van der Waals surface area contributed by atoms with Crippen LogP contribution in [0.15, 0.2) is 32.4 Å². The zero-order chi connectivity index (χ0) is 13.3. The Morgan fingerprint density at radius 3 is 2.50 bits per heavy atom. The Bertz CT molecular complexity index is 598. The van der Waals surface area contributed by atoms with E-state index in [-0.39, 0.29) is 5.75 Å². The zero-order valence-electron chi connectivity index (χ0n) is 9.43. The van der Waals surface area contributed by atoms with E-state index >= 15 is 0 Å². The molecule has 1 heterocycles. The van der Waals surface area contributed by atoms with E-state index in [4.69, 9.17) is 5.73 Å². The molecule has 0 radical (unpaired) electrons. The Morgan fingerprint density at radius 2 is 2.00 bits per heavy atom. The van der Waals surface area contributed by atoms with Crippen molar-refractivity contribution in [1.82, 2.24) is 9.66 Å². The number of rotatable bonds is 2. The number of nitrogen functional groups attached to an aromatic ring is 1. The standard InChI is InChI=1S/C11H10Br2N4O/c1-6-5-17(11(14)16-6)15-4-7-2-8(12)10(18)9(13)3-7/h2-5,18H,1H3,(H2,14,16). The fourth-order valence-electron chi connectivity index (χ4n) is 1.38. The molecule has 1 aromatic carbocycles. The highest BCUT2D eigenvalue weighted by molar-refractivity contribution is 9.11. The van der Waals surface area contributed by atoms with E-state index in [1.807, 2.05) is 6.92 Å². The average molecular weight is 374 g/mol. The maximum atomic E-state index is 9.59. The van der Waals surface area contributed by atoms with Crippen molar-refractivity contribution in [2.75, 3.05) is 5.73 Å². The van der Waals surface area contributed by atoms with E-state index in [0.29, 0.717) is 14.9 Å². The van der Waals surface area contributed by atoms with Crippen LogP contribution in [0.25, 0.3) is 0 Å². The van der Waals surface area contributed by atoms with E-state index < -0.39 is 0 Å². The summed E-state index contributed by atoms with van der Waals surface area (Å²) < 4.78 is 2.67. The second-order valence-electron chi connectivity index (χ2n) is 3.66. The second-order valence-corrected chi connectivity index (χ2v) is 5.37. The number of aromatic hydroxyl groups is 1. The molecule has 0 atom stereocenters. The van der Waals surface area contributed by atoms with Gasteiger partial charge in [-0.1, -0.05) is 0 Å². The molecule has 0 spiro atoms. The lowest BCUT2D eigenvalue weighted by Crippen LogP contribution is -1.97. The first-order valence-electron chi connectivity index (χ1n) is 5.01. The van der Waals surface area contributed by atoms with Crippen LogP contribution in [0.3, 0.4) is 0 Å². The monoisotopic (exact) mass is 372 g/mol. The van der Waals surface area contributed by atoms with Gasteiger partial charge in [0.15, 0.2) is 0 Å². The highest BCUT2D eigenvalue weighted by atomic mass is 79.9. The Labute approximate surface area is 121 Å². The van der Waals surface area contributed by atoms with Gasteiger partial charge in [0.25, 0.3) is 0 Å². The van der Waals surface area contributed by atoms with Gasteiger partial charge < -0.3 is 10.8 Å². The molecule has 0 bridgehead atoms. The first-order valence-corrected chi connectivity index (χ1v) is 6.60. The van der Waals surface area contributed by atoms with E-state index in [1.165, 1.54) is 4.68 Å². The minimum atomic E-state index is 0.158. The summed E-state index contributed by atoms with van der Waals surface area (Å²) >= 11 is 6.51. The summed E-state index contributed by atoms with van der Waals surface area (Å²) in [6.07, 6.45) is 3.36. The Morgan fingerprint density at radius 1 is 1.39 bits per heavy atom. The molecule has 94 valence electrons. The fourth-order valence-corrected chi connectivity index (χ4v) is 2.61. The molecule has 0 saturated heterocycles. The number of aryl methyl sites for hydroxylation is 1. The summed E-state index contributed by atoms with van der Waals surface area (Å²) in [5.41, 5.74) is 7.29. The Balaban J connectivity index is 2.32. The van der Waals surface area contributed by atoms with Crippen molar-refractivity contribution in [3.8, 4) is 5.75 Å². The van der Waals surface area contributed by atoms with Crippen molar-refractivity contribution in [2.45, 2.75) is 6.92 Å².